The highest BCUT2D eigenvalue weighted by Crippen LogP contribution is 2.28. The lowest BCUT2D eigenvalue weighted by atomic mass is 10.2. The largest absolute Gasteiger partial charge is 0.490 e. The Bertz CT molecular complexity index is 1630. The predicted octanol–water partition coefficient (Wildman–Crippen LogP) is 2.86. The topological polar surface area (TPSA) is 135 Å². The number of nitrogens with one attached hydrogen (secondary N) is 1. The van der Waals surface area contributed by atoms with Crippen LogP contribution in [-0.4, -0.2) is 76.5 Å². The highest BCUT2D eigenvalue weighted by atomic mass is 32.2. The third-order valence-corrected chi connectivity index (χ3v) is 10.1. The minimum absolute atomic E-state index is 0.00659. The molecule has 1 atom stereocenters. The van der Waals surface area contributed by atoms with Gasteiger partial charge in [0.2, 0.25) is 20.0 Å². The van der Waals surface area contributed by atoms with Crippen molar-refractivity contribution >= 4 is 32.2 Å². The zero-order valence-electron chi connectivity index (χ0n) is 23.0. The van der Waals surface area contributed by atoms with Crippen molar-refractivity contribution < 1.29 is 31.1 Å². The van der Waals surface area contributed by atoms with Crippen LogP contribution in [0.1, 0.15) is 12.5 Å². The summed E-state index contributed by atoms with van der Waals surface area (Å²) in [4.78, 5) is 13.5. The van der Waals surface area contributed by atoms with Gasteiger partial charge in [-0.05, 0) is 55.0 Å². The van der Waals surface area contributed by atoms with Crippen molar-refractivity contribution in [2.24, 2.45) is 5.10 Å². The van der Waals surface area contributed by atoms with E-state index in [1.807, 2.05) is 6.92 Å². The van der Waals surface area contributed by atoms with E-state index in [9.17, 15) is 21.6 Å². The summed E-state index contributed by atoms with van der Waals surface area (Å²) < 4.78 is 67.1. The van der Waals surface area contributed by atoms with Crippen LogP contribution >= 0.6 is 0 Å². The summed E-state index contributed by atoms with van der Waals surface area (Å²) in [7, 11) is -8.11. The first-order chi connectivity index (χ1) is 20.2. The molecule has 3 aromatic carbocycles. The Hall–Kier alpha value is -4.04. The summed E-state index contributed by atoms with van der Waals surface area (Å²) in [5.41, 5.74) is 2.96. The maximum absolute atomic E-state index is 13.5. The predicted molar refractivity (Wildman–Crippen MR) is 158 cm³/mol. The van der Waals surface area contributed by atoms with E-state index in [1.165, 1.54) is 30.5 Å². The van der Waals surface area contributed by atoms with Crippen LogP contribution < -0.4 is 14.9 Å². The van der Waals surface area contributed by atoms with Gasteiger partial charge in [0, 0.05) is 19.6 Å². The summed E-state index contributed by atoms with van der Waals surface area (Å²) in [5.74, 6) is 0.208. The molecule has 1 amide bonds. The van der Waals surface area contributed by atoms with Gasteiger partial charge in [-0.2, -0.15) is 13.7 Å². The van der Waals surface area contributed by atoms with E-state index in [4.69, 9.17) is 9.47 Å². The number of piperazine rings is 1. The van der Waals surface area contributed by atoms with E-state index in [1.54, 1.807) is 60.7 Å². The molecule has 0 saturated carbocycles. The molecule has 1 fully saturated rings. The van der Waals surface area contributed by atoms with Gasteiger partial charge in [-0.25, -0.2) is 22.3 Å². The van der Waals surface area contributed by atoms with Crippen molar-refractivity contribution in [2.45, 2.75) is 22.8 Å². The summed E-state index contributed by atoms with van der Waals surface area (Å²) in [6.45, 7) is 5.41. The first-order valence-electron chi connectivity index (χ1n) is 13.1. The Kier molecular flexibility index (Phi) is 10.1. The van der Waals surface area contributed by atoms with Gasteiger partial charge in [-0.3, -0.25) is 4.79 Å². The summed E-state index contributed by atoms with van der Waals surface area (Å²) in [6, 6.07) is 19.2. The van der Waals surface area contributed by atoms with Gasteiger partial charge in [0.1, 0.15) is 12.6 Å². The lowest BCUT2D eigenvalue weighted by Gasteiger charge is -2.38. The number of carbonyl (C=O) groups is 1. The number of hydrogen-bond acceptors (Lipinski definition) is 8. The van der Waals surface area contributed by atoms with Gasteiger partial charge < -0.3 is 9.47 Å². The third-order valence-electron chi connectivity index (χ3n) is 6.34. The number of hydrazone groups is 1. The minimum Gasteiger partial charge on any atom is -0.490 e. The normalized spacial score (nSPS) is 16.6. The molecule has 0 aliphatic carbocycles. The quantitative estimate of drug-likeness (QED) is 0.189. The van der Waals surface area contributed by atoms with Crippen molar-refractivity contribution in [1.29, 1.82) is 0 Å². The number of hydrogen-bond donors (Lipinski definition) is 1. The maximum atomic E-state index is 13.5. The molecule has 1 heterocycles. The zero-order chi connectivity index (χ0) is 30.2. The Morgan fingerprint density at radius 3 is 2.19 bits per heavy atom. The smallest absolute Gasteiger partial charge is 0.259 e. The van der Waals surface area contributed by atoms with E-state index in [0.717, 1.165) is 8.61 Å². The van der Waals surface area contributed by atoms with Gasteiger partial charge >= 0.3 is 0 Å². The fourth-order valence-corrected chi connectivity index (χ4v) is 7.37. The number of amides is 1. The van der Waals surface area contributed by atoms with Gasteiger partial charge in [-0.1, -0.05) is 49.1 Å². The number of sulfonamides is 2. The standard InChI is InChI=1S/C29H32N4O7S2/c1-3-19-40-27-16-15-23(20-28(27)39-4-2)21-30-31-29(34)26-22-32(41(35,36)24-11-7-5-8-12-24)17-18-33(26)42(37,38)25-13-9-6-10-14-25/h3,5-16,20-21,26H,1,4,17-19,22H2,2H3,(H,31,34)/b30-21-/t26-/m1/s1. The van der Waals surface area contributed by atoms with Crippen LogP contribution in [0.25, 0.3) is 0 Å². The molecule has 0 bridgehead atoms. The third kappa shape index (κ3) is 7.05. The zero-order valence-corrected chi connectivity index (χ0v) is 24.6. The number of benzene rings is 3. The van der Waals surface area contributed by atoms with Crippen LogP contribution in [0.2, 0.25) is 0 Å². The molecule has 0 unspecified atom stereocenters. The molecule has 0 spiro atoms. The van der Waals surface area contributed by atoms with E-state index in [2.05, 4.69) is 17.1 Å². The molecule has 13 heteroatoms. The molecule has 1 N–H and O–H groups in total. The van der Waals surface area contributed by atoms with E-state index >= 15 is 0 Å². The average molecular weight is 613 g/mol. The second-order valence-electron chi connectivity index (χ2n) is 9.09. The summed E-state index contributed by atoms with van der Waals surface area (Å²) in [5, 5.41) is 4.02. The Morgan fingerprint density at radius 1 is 0.929 bits per heavy atom. The monoisotopic (exact) mass is 612 g/mol. The van der Waals surface area contributed by atoms with Crippen molar-refractivity contribution in [3.8, 4) is 11.5 Å². The average Bonchev–Trinajstić information content (AvgIpc) is 3.01. The number of carbonyl (C=O) groups excluding carboxylic acids is 1. The second kappa shape index (κ2) is 13.7. The van der Waals surface area contributed by atoms with Crippen molar-refractivity contribution in [2.75, 3.05) is 32.8 Å². The van der Waals surface area contributed by atoms with Crippen molar-refractivity contribution in [1.82, 2.24) is 14.0 Å². The summed E-state index contributed by atoms with van der Waals surface area (Å²) in [6.07, 6.45) is 2.98. The highest BCUT2D eigenvalue weighted by Gasteiger charge is 2.43. The van der Waals surface area contributed by atoms with Crippen molar-refractivity contribution in [3.63, 3.8) is 0 Å². The first kappa shape index (κ1) is 30.9. The maximum Gasteiger partial charge on any atom is 0.259 e. The molecular formula is C29H32N4O7S2. The SMILES string of the molecule is C=CCOc1ccc(/C=N\NC(=O)[C@H]2CN(S(=O)(=O)c3ccccc3)CCN2S(=O)(=O)c2ccccc2)cc1OCC. The van der Waals surface area contributed by atoms with Gasteiger partial charge in [-0.15, -0.1) is 0 Å². The Balaban J connectivity index is 1.59. The summed E-state index contributed by atoms with van der Waals surface area (Å²) >= 11 is 0. The van der Waals surface area contributed by atoms with Crippen LogP contribution in [0, 0.1) is 0 Å². The van der Waals surface area contributed by atoms with Crippen LogP contribution in [0.5, 0.6) is 11.5 Å². The molecule has 0 aromatic heterocycles. The lowest BCUT2D eigenvalue weighted by Crippen LogP contribution is -2.60. The lowest BCUT2D eigenvalue weighted by molar-refractivity contribution is -0.125. The molecular weight excluding hydrogens is 580 g/mol. The second-order valence-corrected chi connectivity index (χ2v) is 12.9. The molecule has 222 valence electrons. The molecule has 1 saturated heterocycles. The molecule has 42 heavy (non-hydrogen) atoms. The van der Waals surface area contributed by atoms with Gasteiger partial charge in [0.15, 0.2) is 11.5 Å². The van der Waals surface area contributed by atoms with E-state index < -0.39 is 38.5 Å². The van der Waals surface area contributed by atoms with E-state index in [-0.39, 0.29) is 22.9 Å². The molecule has 3 aromatic rings. The van der Waals surface area contributed by atoms with Crippen LogP contribution in [0.4, 0.5) is 0 Å². The molecule has 4 rings (SSSR count). The Morgan fingerprint density at radius 2 is 1.57 bits per heavy atom. The number of ether oxygens (including phenoxy) is 2. The highest BCUT2D eigenvalue weighted by molar-refractivity contribution is 7.89. The number of nitrogens with zero attached hydrogens (tertiary/aromatic N) is 3. The van der Waals surface area contributed by atoms with Crippen molar-refractivity contribution in [3.05, 3.63) is 97.1 Å². The number of rotatable bonds is 12. The molecule has 1 aliphatic heterocycles. The molecule has 1 aliphatic rings. The van der Waals surface area contributed by atoms with Crippen LogP contribution in [0.15, 0.2) is 106 Å². The van der Waals surface area contributed by atoms with E-state index in [0.29, 0.717) is 30.3 Å². The fourth-order valence-electron chi connectivity index (χ4n) is 4.32. The van der Waals surface area contributed by atoms with Gasteiger partial charge in [0.05, 0.1) is 22.6 Å². The fraction of sp³-hybridized carbons (Fsp3) is 0.241. The van der Waals surface area contributed by atoms with Crippen LogP contribution in [0.3, 0.4) is 0 Å². The van der Waals surface area contributed by atoms with Crippen LogP contribution in [-0.2, 0) is 24.8 Å². The Labute approximate surface area is 246 Å². The molecule has 11 nitrogen and oxygen atoms in total. The first-order valence-corrected chi connectivity index (χ1v) is 16.0. The molecule has 0 radical (unpaired) electrons. The minimum atomic E-state index is -4.13. The van der Waals surface area contributed by atoms with Gasteiger partial charge in [0.25, 0.3) is 5.91 Å².